The molecule has 0 radical (unpaired) electrons. The first-order chi connectivity index (χ1) is 14.1. The minimum Gasteiger partial charge on any atom is -0.294 e. The van der Waals surface area contributed by atoms with Crippen molar-refractivity contribution >= 4 is 5.78 Å². The largest absolute Gasteiger partial charge is 0.294 e. The number of allylic oxidation sites excluding steroid dienone is 1. The van der Waals surface area contributed by atoms with E-state index in [9.17, 15) is 4.79 Å². The highest BCUT2D eigenvalue weighted by molar-refractivity contribution is 5.94. The molecule has 0 N–H and O–H groups in total. The number of hydrogen-bond donors (Lipinski definition) is 0. The Morgan fingerprint density at radius 2 is 1.34 bits per heavy atom. The Bertz CT molecular complexity index is 1030. The van der Waals surface area contributed by atoms with Gasteiger partial charge in [-0.3, -0.25) is 4.79 Å². The Balaban J connectivity index is 1.69. The lowest BCUT2D eigenvalue weighted by Gasteiger charge is -2.07. The summed E-state index contributed by atoms with van der Waals surface area (Å²) in [6.07, 6.45) is 3.67. The van der Waals surface area contributed by atoms with Crippen LogP contribution in [0.4, 0.5) is 0 Å². The molecule has 29 heavy (non-hydrogen) atoms. The quantitative estimate of drug-likeness (QED) is 0.350. The Hall–Kier alpha value is -3.37. The first-order valence-electron chi connectivity index (χ1n) is 10.1. The lowest BCUT2D eigenvalue weighted by atomic mass is 9.96. The molecular weight excluding hydrogens is 352 g/mol. The van der Waals surface area contributed by atoms with Crippen LogP contribution < -0.4 is 0 Å². The monoisotopic (exact) mass is 378 g/mol. The number of aryl methyl sites for hydroxylation is 1. The van der Waals surface area contributed by atoms with Gasteiger partial charge in [0.25, 0.3) is 0 Å². The standard InChI is InChI=1S/C28H26O/c1-4-6-22-11-17-26(18-12-22)27-19-13-24(14-20-27)8-7-23-9-15-25(16-10-23)21(3)28(29)5-2/h5,9-21H,2,4,6H2,1,3H3. The first kappa shape index (κ1) is 20.4. The molecule has 0 aromatic heterocycles. The van der Waals surface area contributed by atoms with Crippen molar-refractivity contribution in [2.75, 3.05) is 0 Å². The summed E-state index contributed by atoms with van der Waals surface area (Å²) in [5.41, 5.74) is 6.70. The highest BCUT2D eigenvalue weighted by atomic mass is 16.1. The molecule has 0 fully saturated rings. The molecule has 1 unspecified atom stereocenters. The highest BCUT2D eigenvalue weighted by Gasteiger charge is 2.11. The molecule has 0 heterocycles. The zero-order chi connectivity index (χ0) is 20.6. The predicted molar refractivity (Wildman–Crippen MR) is 122 cm³/mol. The summed E-state index contributed by atoms with van der Waals surface area (Å²) in [5, 5.41) is 0. The molecule has 0 aliphatic carbocycles. The lowest BCUT2D eigenvalue weighted by Crippen LogP contribution is -2.05. The van der Waals surface area contributed by atoms with Gasteiger partial charge in [-0.05, 0) is 59.0 Å². The maximum absolute atomic E-state index is 11.7. The molecule has 0 saturated carbocycles. The van der Waals surface area contributed by atoms with Crippen LogP contribution in [0.2, 0.25) is 0 Å². The highest BCUT2D eigenvalue weighted by Crippen LogP contribution is 2.21. The maximum atomic E-state index is 11.7. The van der Waals surface area contributed by atoms with Gasteiger partial charge in [0.1, 0.15) is 0 Å². The number of hydrogen-bond acceptors (Lipinski definition) is 1. The summed E-state index contributed by atoms with van der Waals surface area (Å²) in [5.74, 6) is 6.27. The molecule has 0 spiro atoms. The lowest BCUT2D eigenvalue weighted by molar-refractivity contribution is -0.115. The molecule has 1 atom stereocenters. The average molecular weight is 379 g/mol. The van der Waals surface area contributed by atoms with E-state index in [0.717, 1.165) is 23.1 Å². The smallest absolute Gasteiger partial charge is 0.162 e. The van der Waals surface area contributed by atoms with Crippen LogP contribution in [0.3, 0.4) is 0 Å². The minimum absolute atomic E-state index is 0.0314. The Morgan fingerprint density at radius 3 is 1.83 bits per heavy atom. The van der Waals surface area contributed by atoms with Crippen molar-refractivity contribution < 1.29 is 4.79 Å². The van der Waals surface area contributed by atoms with Gasteiger partial charge in [-0.25, -0.2) is 0 Å². The Labute approximate surface area is 174 Å². The molecule has 0 saturated heterocycles. The van der Waals surface area contributed by atoms with Crippen molar-refractivity contribution in [2.45, 2.75) is 32.6 Å². The van der Waals surface area contributed by atoms with Crippen LogP contribution in [0.1, 0.15) is 48.4 Å². The molecular formula is C28H26O. The maximum Gasteiger partial charge on any atom is 0.162 e. The third-order valence-corrected chi connectivity index (χ3v) is 5.10. The van der Waals surface area contributed by atoms with Crippen molar-refractivity contribution in [3.05, 3.63) is 108 Å². The second kappa shape index (κ2) is 9.71. The van der Waals surface area contributed by atoms with Gasteiger partial charge < -0.3 is 0 Å². The molecule has 0 aliphatic heterocycles. The van der Waals surface area contributed by atoms with Crippen molar-refractivity contribution in [1.82, 2.24) is 0 Å². The van der Waals surface area contributed by atoms with E-state index >= 15 is 0 Å². The van der Waals surface area contributed by atoms with Crippen molar-refractivity contribution in [2.24, 2.45) is 0 Å². The molecule has 3 rings (SSSR count). The molecule has 144 valence electrons. The van der Waals surface area contributed by atoms with Crippen molar-refractivity contribution in [1.29, 1.82) is 0 Å². The molecule has 1 nitrogen and oxygen atoms in total. The van der Waals surface area contributed by atoms with Gasteiger partial charge in [-0.2, -0.15) is 0 Å². The number of benzene rings is 3. The van der Waals surface area contributed by atoms with Crippen molar-refractivity contribution in [3.8, 4) is 23.0 Å². The van der Waals surface area contributed by atoms with Crippen LogP contribution >= 0.6 is 0 Å². The second-order valence-corrected chi connectivity index (χ2v) is 7.22. The molecule has 0 amide bonds. The van der Waals surface area contributed by atoms with E-state index in [1.165, 1.54) is 29.2 Å². The molecule has 3 aromatic rings. The van der Waals surface area contributed by atoms with Gasteiger partial charge >= 0.3 is 0 Å². The number of carbonyl (C=O) groups excluding carboxylic acids is 1. The summed E-state index contributed by atoms with van der Waals surface area (Å²) in [4.78, 5) is 11.7. The van der Waals surface area contributed by atoms with E-state index in [4.69, 9.17) is 0 Å². The molecule has 0 aliphatic rings. The number of carbonyl (C=O) groups is 1. The van der Waals surface area contributed by atoms with Crippen LogP contribution in [-0.2, 0) is 11.2 Å². The fraction of sp³-hybridized carbons (Fsp3) is 0.179. The topological polar surface area (TPSA) is 17.1 Å². The summed E-state index contributed by atoms with van der Waals surface area (Å²) >= 11 is 0. The average Bonchev–Trinajstić information content (AvgIpc) is 2.78. The summed E-state index contributed by atoms with van der Waals surface area (Å²) in [7, 11) is 0. The summed E-state index contributed by atoms with van der Waals surface area (Å²) in [6, 6.07) is 25.0. The van der Waals surface area contributed by atoms with E-state index in [1.807, 2.05) is 31.2 Å². The first-order valence-corrected chi connectivity index (χ1v) is 10.1. The van der Waals surface area contributed by atoms with E-state index in [1.54, 1.807) is 0 Å². The van der Waals surface area contributed by atoms with Crippen LogP contribution in [0.5, 0.6) is 0 Å². The molecule has 3 aromatic carbocycles. The zero-order valence-corrected chi connectivity index (χ0v) is 17.1. The third kappa shape index (κ3) is 5.33. The van der Waals surface area contributed by atoms with Gasteiger partial charge in [0, 0.05) is 17.0 Å². The predicted octanol–water partition coefficient (Wildman–Crippen LogP) is 6.56. The van der Waals surface area contributed by atoms with Gasteiger partial charge in [0.15, 0.2) is 5.78 Å². The second-order valence-electron chi connectivity index (χ2n) is 7.22. The van der Waals surface area contributed by atoms with Crippen LogP contribution in [0.15, 0.2) is 85.5 Å². The van der Waals surface area contributed by atoms with Gasteiger partial charge in [-0.15, -0.1) is 0 Å². The molecule has 1 heteroatoms. The van der Waals surface area contributed by atoms with Crippen molar-refractivity contribution in [3.63, 3.8) is 0 Å². The van der Waals surface area contributed by atoms with Gasteiger partial charge in [0.05, 0.1) is 0 Å². The van der Waals surface area contributed by atoms with E-state index in [2.05, 4.69) is 73.9 Å². The summed E-state index contributed by atoms with van der Waals surface area (Å²) < 4.78 is 0. The van der Waals surface area contributed by atoms with Crippen LogP contribution in [0.25, 0.3) is 11.1 Å². The third-order valence-electron chi connectivity index (χ3n) is 5.10. The number of rotatable bonds is 6. The zero-order valence-electron chi connectivity index (χ0n) is 17.1. The van der Waals surface area contributed by atoms with E-state index < -0.39 is 0 Å². The molecule has 0 bridgehead atoms. The summed E-state index contributed by atoms with van der Waals surface area (Å²) in [6.45, 7) is 7.65. The van der Waals surface area contributed by atoms with Gasteiger partial charge in [-0.1, -0.05) is 87.2 Å². The van der Waals surface area contributed by atoms with Crippen LogP contribution in [0, 0.1) is 11.8 Å². The Kier molecular flexibility index (Phi) is 6.82. The Morgan fingerprint density at radius 1 is 0.862 bits per heavy atom. The number of ketones is 1. The van der Waals surface area contributed by atoms with Gasteiger partial charge in [0.2, 0.25) is 0 Å². The fourth-order valence-corrected chi connectivity index (χ4v) is 3.24. The normalized spacial score (nSPS) is 11.2. The van der Waals surface area contributed by atoms with Crippen LogP contribution in [-0.4, -0.2) is 5.78 Å². The van der Waals surface area contributed by atoms with E-state index in [0.29, 0.717) is 0 Å². The van der Waals surface area contributed by atoms with E-state index in [-0.39, 0.29) is 11.7 Å². The minimum atomic E-state index is -0.168. The SMILES string of the molecule is C=CC(=O)C(C)c1ccc(C#Cc2ccc(-c3ccc(CCC)cc3)cc2)cc1. The fourth-order valence-electron chi connectivity index (χ4n) is 3.24.